The van der Waals surface area contributed by atoms with Crippen LogP contribution in [0.2, 0.25) is 0 Å². The van der Waals surface area contributed by atoms with Crippen molar-refractivity contribution in [3.8, 4) is 11.5 Å². The summed E-state index contributed by atoms with van der Waals surface area (Å²) in [5.41, 5.74) is 2.31. The number of methoxy groups -OCH3 is 1. The predicted octanol–water partition coefficient (Wildman–Crippen LogP) is 6.27. The Hall–Kier alpha value is -3.01. The molecule has 0 aromatic heterocycles. The fraction of sp³-hybridized carbons (Fsp3) is 0.320. The number of carbonyl (C=O) groups is 1. The van der Waals surface area contributed by atoms with Crippen LogP contribution >= 0.6 is 0 Å². The zero-order valence-corrected chi connectivity index (χ0v) is 17.5. The third kappa shape index (κ3) is 7.49. The number of esters is 1. The van der Waals surface area contributed by atoms with Crippen molar-refractivity contribution in [1.29, 1.82) is 0 Å². The molecule has 154 valence electrons. The lowest BCUT2D eigenvalue weighted by atomic mass is 10.1. The Morgan fingerprint density at radius 3 is 2.52 bits per heavy atom. The van der Waals surface area contributed by atoms with Crippen molar-refractivity contribution in [1.82, 2.24) is 0 Å². The highest BCUT2D eigenvalue weighted by molar-refractivity contribution is 5.87. The molecule has 0 aliphatic rings. The van der Waals surface area contributed by atoms with Gasteiger partial charge >= 0.3 is 5.97 Å². The lowest BCUT2D eigenvalue weighted by molar-refractivity contribution is -0.159. The molecule has 4 nitrogen and oxygen atoms in total. The number of hydrogen-bond acceptors (Lipinski definition) is 4. The minimum Gasteiger partial charge on any atom is -0.497 e. The lowest BCUT2D eigenvalue weighted by Crippen LogP contribution is -2.25. The molecule has 1 unspecified atom stereocenters. The van der Waals surface area contributed by atoms with E-state index in [4.69, 9.17) is 14.2 Å². The topological polar surface area (TPSA) is 44.8 Å². The molecular formula is C25H30O4. The van der Waals surface area contributed by atoms with Gasteiger partial charge in [0.25, 0.3) is 0 Å². The molecule has 0 aliphatic carbocycles. The van der Waals surface area contributed by atoms with Crippen LogP contribution in [-0.4, -0.2) is 19.4 Å². The zero-order valence-electron chi connectivity index (χ0n) is 17.5. The summed E-state index contributed by atoms with van der Waals surface area (Å²) in [6, 6.07) is 15.6. The zero-order chi connectivity index (χ0) is 21.1. The second kappa shape index (κ2) is 11.7. The molecular weight excluding hydrogens is 364 g/mol. The van der Waals surface area contributed by atoms with Crippen molar-refractivity contribution in [2.24, 2.45) is 0 Å². The van der Waals surface area contributed by atoms with Crippen molar-refractivity contribution in [3.63, 3.8) is 0 Å². The van der Waals surface area contributed by atoms with Gasteiger partial charge in [-0.1, -0.05) is 68.8 Å². The van der Waals surface area contributed by atoms with E-state index in [0.717, 1.165) is 30.4 Å². The number of hydrogen-bond donors (Lipinski definition) is 0. The van der Waals surface area contributed by atoms with E-state index in [1.165, 1.54) is 0 Å². The molecule has 0 saturated carbocycles. The van der Waals surface area contributed by atoms with Gasteiger partial charge in [-0.3, -0.25) is 0 Å². The first kappa shape index (κ1) is 22.3. The molecule has 0 spiro atoms. The van der Waals surface area contributed by atoms with Gasteiger partial charge in [0.2, 0.25) is 6.29 Å². The Morgan fingerprint density at radius 1 is 1.10 bits per heavy atom. The highest BCUT2D eigenvalue weighted by atomic mass is 16.7. The largest absolute Gasteiger partial charge is 0.497 e. The second-order valence-corrected chi connectivity index (χ2v) is 6.88. The molecule has 2 aromatic carbocycles. The van der Waals surface area contributed by atoms with E-state index in [-0.39, 0.29) is 0 Å². The van der Waals surface area contributed by atoms with E-state index >= 15 is 0 Å². The molecule has 0 amide bonds. The fourth-order valence-electron chi connectivity index (χ4n) is 2.70. The minimum atomic E-state index is -0.679. The van der Waals surface area contributed by atoms with Crippen LogP contribution in [0, 0.1) is 0 Å². The number of carbonyl (C=O) groups excluding carboxylic acids is 1. The molecule has 0 radical (unpaired) electrons. The van der Waals surface area contributed by atoms with Crippen LogP contribution in [0.3, 0.4) is 0 Å². The van der Waals surface area contributed by atoms with Gasteiger partial charge < -0.3 is 14.2 Å². The summed E-state index contributed by atoms with van der Waals surface area (Å²) >= 11 is 0. The maximum atomic E-state index is 12.1. The molecule has 4 heteroatoms. The van der Waals surface area contributed by atoms with Crippen LogP contribution in [-0.2, 0) is 9.53 Å². The van der Waals surface area contributed by atoms with Crippen LogP contribution < -0.4 is 9.47 Å². The number of ether oxygens (including phenoxy) is 3. The molecule has 0 fully saturated rings. The van der Waals surface area contributed by atoms with E-state index in [1.54, 1.807) is 14.0 Å². The summed E-state index contributed by atoms with van der Waals surface area (Å²) in [7, 11) is 1.61. The van der Waals surface area contributed by atoms with Crippen molar-refractivity contribution in [3.05, 3.63) is 71.8 Å². The second-order valence-electron chi connectivity index (χ2n) is 6.88. The first-order chi connectivity index (χ1) is 14.0. The van der Waals surface area contributed by atoms with Crippen LogP contribution in [0.5, 0.6) is 11.5 Å². The predicted molar refractivity (Wildman–Crippen MR) is 118 cm³/mol. The number of rotatable bonds is 11. The molecule has 0 saturated heterocycles. The lowest BCUT2D eigenvalue weighted by Gasteiger charge is -2.21. The molecule has 0 aliphatic heterocycles. The van der Waals surface area contributed by atoms with Gasteiger partial charge in [0.15, 0.2) is 0 Å². The molecule has 0 heterocycles. The fourth-order valence-corrected chi connectivity index (χ4v) is 2.70. The molecule has 2 rings (SSSR count). The summed E-state index contributed by atoms with van der Waals surface area (Å²) < 4.78 is 17.0. The van der Waals surface area contributed by atoms with Crippen molar-refractivity contribution >= 4 is 18.1 Å². The summed E-state index contributed by atoms with van der Waals surface area (Å²) in [5, 5.41) is 0. The van der Waals surface area contributed by atoms with Gasteiger partial charge in [0.05, 0.1) is 7.11 Å². The van der Waals surface area contributed by atoms with Gasteiger partial charge in [-0.15, -0.1) is 0 Å². The smallest absolute Gasteiger partial charge is 0.336 e. The van der Waals surface area contributed by atoms with E-state index in [2.05, 4.69) is 13.5 Å². The Labute approximate surface area is 173 Å². The van der Waals surface area contributed by atoms with Crippen LogP contribution in [0.1, 0.15) is 50.7 Å². The average Bonchev–Trinajstić information content (AvgIpc) is 2.73. The molecule has 1 atom stereocenters. The quantitative estimate of drug-likeness (QED) is 0.148. The SMILES string of the molecule is C=C(C)C(=O)OC(CCCCC)Oc1cc(OC)ccc1/C=C/c1ccccc1. The van der Waals surface area contributed by atoms with Crippen molar-refractivity contribution in [2.75, 3.05) is 7.11 Å². The van der Waals surface area contributed by atoms with Gasteiger partial charge in [0, 0.05) is 23.6 Å². The van der Waals surface area contributed by atoms with E-state index in [0.29, 0.717) is 23.5 Å². The molecule has 29 heavy (non-hydrogen) atoms. The maximum absolute atomic E-state index is 12.1. The molecule has 0 bridgehead atoms. The minimum absolute atomic E-state index is 0.351. The average molecular weight is 395 g/mol. The maximum Gasteiger partial charge on any atom is 0.336 e. The first-order valence-electron chi connectivity index (χ1n) is 9.97. The van der Waals surface area contributed by atoms with E-state index in [9.17, 15) is 4.79 Å². The van der Waals surface area contributed by atoms with E-state index < -0.39 is 12.3 Å². The summed E-state index contributed by atoms with van der Waals surface area (Å²) in [5.74, 6) is 0.832. The highest BCUT2D eigenvalue weighted by Gasteiger charge is 2.18. The van der Waals surface area contributed by atoms with Crippen LogP contribution in [0.25, 0.3) is 12.2 Å². The summed E-state index contributed by atoms with van der Waals surface area (Å²) in [4.78, 5) is 12.1. The van der Waals surface area contributed by atoms with Gasteiger partial charge in [0.1, 0.15) is 11.5 Å². The van der Waals surface area contributed by atoms with Crippen molar-refractivity contribution in [2.45, 2.75) is 45.8 Å². The van der Waals surface area contributed by atoms with E-state index in [1.807, 2.05) is 60.7 Å². The van der Waals surface area contributed by atoms with Crippen LogP contribution in [0.4, 0.5) is 0 Å². The van der Waals surface area contributed by atoms with Gasteiger partial charge in [-0.25, -0.2) is 4.79 Å². The summed E-state index contributed by atoms with van der Waals surface area (Å²) in [6.45, 7) is 7.42. The number of benzene rings is 2. The van der Waals surface area contributed by atoms with Crippen molar-refractivity contribution < 1.29 is 19.0 Å². The Bertz CT molecular complexity index is 824. The summed E-state index contributed by atoms with van der Waals surface area (Å²) in [6.07, 6.45) is 6.96. The first-order valence-corrected chi connectivity index (χ1v) is 9.97. The molecule has 0 N–H and O–H groups in total. The number of unbranched alkanes of at least 4 members (excludes halogenated alkanes) is 2. The van der Waals surface area contributed by atoms with Crippen LogP contribution in [0.15, 0.2) is 60.7 Å². The van der Waals surface area contributed by atoms with Gasteiger partial charge in [-0.2, -0.15) is 0 Å². The third-order valence-corrected chi connectivity index (χ3v) is 4.36. The highest BCUT2D eigenvalue weighted by Crippen LogP contribution is 2.29. The monoisotopic (exact) mass is 394 g/mol. The normalized spacial score (nSPS) is 11.8. The Morgan fingerprint density at radius 2 is 1.86 bits per heavy atom. The third-order valence-electron chi connectivity index (χ3n) is 4.36. The molecule has 2 aromatic rings. The Kier molecular flexibility index (Phi) is 9.03. The van der Waals surface area contributed by atoms with Gasteiger partial charge in [-0.05, 0) is 31.0 Å². The standard InChI is InChI=1S/C25H30O4/c1-5-6-8-13-24(29-25(26)19(2)3)28-23-18-22(27-4)17-16-21(23)15-14-20-11-9-7-10-12-20/h7,9-12,14-18,24H,2,5-6,8,13H2,1,3-4H3/b15-14+. The Balaban J connectivity index is 2.25.